The number of halogens is 4. The molecule has 0 aliphatic heterocycles. The number of anilines is 2. The smallest absolute Gasteiger partial charge is 0.406 e. The summed E-state index contributed by atoms with van der Waals surface area (Å²) in [4.78, 5) is 4.50. The molecule has 7 heteroatoms. The third kappa shape index (κ3) is 4.38. The minimum absolute atomic E-state index is 0.235. The first kappa shape index (κ1) is 18.3. The number of hydrogen-bond donors (Lipinski definition) is 1. The van der Waals surface area contributed by atoms with Crippen molar-refractivity contribution in [3.8, 4) is 5.75 Å². The molecule has 0 bridgehead atoms. The van der Waals surface area contributed by atoms with Crippen molar-refractivity contribution >= 4 is 34.0 Å². The van der Waals surface area contributed by atoms with Gasteiger partial charge in [-0.05, 0) is 48.4 Å². The number of para-hydroxylation sites is 1. The summed E-state index contributed by atoms with van der Waals surface area (Å²) in [6, 6.07) is 13.4. The quantitative estimate of drug-likeness (QED) is 0.549. The molecule has 2 aromatic carbocycles. The van der Waals surface area contributed by atoms with Crippen molar-refractivity contribution in [1.82, 2.24) is 4.98 Å². The van der Waals surface area contributed by atoms with Crippen LogP contribution < -0.4 is 10.1 Å². The maximum Gasteiger partial charge on any atom is 0.573 e. The van der Waals surface area contributed by atoms with Gasteiger partial charge in [0, 0.05) is 11.1 Å². The van der Waals surface area contributed by atoms with Crippen molar-refractivity contribution in [1.29, 1.82) is 0 Å². The number of fused-ring (bicyclic) bond motifs is 1. The lowest BCUT2D eigenvalue weighted by atomic mass is 10.1. The van der Waals surface area contributed by atoms with Crippen LogP contribution in [-0.2, 0) is 6.42 Å². The molecule has 0 saturated heterocycles. The average molecular weight is 381 g/mol. The van der Waals surface area contributed by atoms with Gasteiger partial charge in [0.25, 0.3) is 0 Å². The molecule has 0 fully saturated rings. The molecule has 0 aliphatic rings. The molecule has 3 nitrogen and oxygen atoms in total. The van der Waals surface area contributed by atoms with Gasteiger partial charge in [0.2, 0.25) is 0 Å². The minimum atomic E-state index is -4.71. The Morgan fingerprint density at radius 2 is 1.92 bits per heavy atom. The van der Waals surface area contributed by atoms with Crippen molar-refractivity contribution < 1.29 is 17.9 Å². The highest BCUT2D eigenvalue weighted by atomic mass is 35.5. The Labute approximate surface area is 153 Å². The maximum atomic E-state index is 12.4. The van der Waals surface area contributed by atoms with Gasteiger partial charge in [-0.2, -0.15) is 0 Å². The summed E-state index contributed by atoms with van der Waals surface area (Å²) >= 11 is 6.18. The van der Waals surface area contributed by atoms with Gasteiger partial charge in [-0.15, -0.1) is 13.2 Å². The fourth-order valence-corrected chi connectivity index (χ4v) is 2.91. The van der Waals surface area contributed by atoms with Gasteiger partial charge in [-0.3, -0.25) is 0 Å². The zero-order valence-corrected chi connectivity index (χ0v) is 14.7. The molecule has 136 valence electrons. The molecule has 0 atom stereocenters. The van der Waals surface area contributed by atoms with E-state index in [4.69, 9.17) is 11.6 Å². The van der Waals surface area contributed by atoms with E-state index in [0.29, 0.717) is 28.5 Å². The van der Waals surface area contributed by atoms with Crippen LogP contribution in [0.25, 0.3) is 10.9 Å². The molecule has 0 saturated carbocycles. The predicted octanol–water partition coefficient (Wildman–Crippen LogP) is 6.48. The molecule has 0 unspecified atom stereocenters. The van der Waals surface area contributed by atoms with E-state index >= 15 is 0 Å². The normalized spacial score (nSPS) is 11.6. The number of aryl methyl sites for hydroxylation is 1. The molecule has 3 rings (SSSR count). The first-order valence-electron chi connectivity index (χ1n) is 8.06. The molecular weight excluding hydrogens is 365 g/mol. The minimum Gasteiger partial charge on any atom is -0.406 e. The molecule has 26 heavy (non-hydrogen) atoms. The number of pyridine rings is 1. The van der Waals surface area contributed by atoms with E-state index in [1.165, 1.54) is 12.1 Å². The Kier molecular flexibility index (Phi) is 5.23. The Bertz CT molecular complexity index is 928. The summed E-state index contributed by atoms with van der Waals surface area (Å²) in [7, 11) is 0. The molecule has 0 aliphatic carbocycles. The van der Waals surface area contributed by atoms with Crippen LogP contribution in [0.15, 0.2) is 48.5 Å². The van der Waals surface area contributed by atoms with E-state index in [0.717, 1.165) is 17.4 Å². The summed E-state index contributed by atoms with van der Waals surface area (Å²) < 4.78 is 41.3. The number of nitrogens with one attached hydrogen (secondary N) is 1. The highest BCUT2D eigenvalue weighted by Gasteiger charge is 2.31. The van der Waals surface area contributed by atoms with E-state index in [-0.39, 0.29) is 5.75 Å². The third-order valence-corrected chi connectivity index (χ3v) is 4.07. The van der Waals surface area contributed by atoms with Gasteiger partial charge in [0.1, 0.15) is 11.6 Å². The monoisotopic (exact) mass is 380 g/mol. The number of nitrogens with zero attached hydrogens (tertiary/aromatic N) is 1. The predicted molar refractivity (Wildman–Crippen MR) is 97.2 cm³/mol. The topological polar surface area (TPSA) is 34.1 Å². The number of benzene rings is 2. The lowest BCUT2D eigenvalue weighted by Crippen LogP contribution is -2.17. The number of alkyl halides is 3. The van der Waals surface area contributed by atoms with E-state index in [1.807, 2.05) is 25.1 Å². The van der Waals surface area contributed by atoms with Crippen LogP contribution in [0, 0.1) is 0 Å². The number of rotatable bonds is 5. The Balaban J connectivity index is 1.92. The Morgan fingerprint density at radius 1 is 1.12 bits per heavy atom. The second-order valence-electron chi connectivity index (χ2n) is 5.75. The van der Waals surface area contributed by atoms with Crippen molar-refractivity contribution in [3.05, 3.63) is 59.1 Å². The zero-order valence-electron chi connectivity index (χ0n) is 13.9. The second kappa shape index (κ2) is 7.41. The van der Waals surface area contributed by atoms with E-state index in [2.05, 4.69) is 15.0 Å². The number of ether oxygens (including phenoxy) is 1. The van der Waals surface area contributed by atoms with Gasteiger partial charge in [-0.1, -0.05) is 37.1 Å². The van der Waals surface area contributed by atoms with Crippen molar-refractivity contribution in [3.63, 3.8) is 0 Å². The van der Waals surface area contributed by atoms with Crippen LogP contribution in [0.2, 0.25) is 5.02 Å². The summed E-state index contributed by atoms with van der Waals surface area (Å²) in [6.07, 6.45) is -3.33. The van der Waals surface area contributed by atoms with Gasteiger partial charge in [0.15, 0.2) is 0 Å². The SMILES string of the molecule is CCCc1cc(OC(F)(F)F)ccc1Nc1ccc2cccc(Cl)c2n1. The van der Waals surface area contributed by atoms with Crippen LogP contribution in [-0.4, -0.2) is 11.3 Å². The highest BCUT2D eigenvalue weighted by molar-refractivity contribution is 6.35. The van der Waals surface area contributed by atoms with Crippen LogP contribution >= 0.6 is 11.6 Å². The standard InChI is InChI=1S/C19H16ClF3N2O/c1-2-4-13-11-14(26-19(21,22)23)8-9-16(13)24-17-10-7-12-5-3-6-15(20)18(12)25-17/h3,5-11H,2,4H2,1H3,(H,24,25). The van der Waals surface area contributed by atoms with Crippen molar-refractivity contribution in [2.45, 2.75) is 26.1 Å². The van der Waals surface area contributed by atoms with E-state index < -0.39 is 6.36 Å². The van der Waals surface area contributed by atoms with Crippen LogP contribution in [0.3, 0.4) is 0 Å². The van der Waals surface area contributed by atoms with Crippen molar-refractivity contribution in [2.24, 2.45) is 0 Å². The molecule has 1 heterocycles. The fourth-order valence-electron chi connectivity index (χ4n) is 2.68. The van der Waals surface area contributed by atoms with Gasteiger partial charge < -0.3 is 10.1 Å². The molecular formula is C19H16ClF3N2O. The largest absolute Gasteiger partial charge is 0.573 e. The van der Waals surface area contributed by atoms with Crippen molar-refractivity contribution in [2.75, 3.05) is 5.32 Å². The highest BCUT2D eigenvalue weighted by Crippen LogP contribution is 2.30. The Morgan fingerprint density at radius 3 is 2.65 bits per heavy atom. The molecule has 0 amide bonds. The first-order valence-corrected chi connectivity index (χ1v) is 8.44. The van der Waals surface area contributed by atoms with Gasteiger partial charge >= 0.3 is 6.36 Å². The summed E-state index contributed by atoms with van der Waals surface area (Å²) in [5.41, 5.74) is 2.06. The first-order chi connectivity index (χ1) is 12.4. The molecule has 0 spiro atoms. The zero-order chi connectivity index (χ0) is 18.7. The molecule has 3 aromatic rings. The van der Waals surface area contributed by atoms with Crippen LogP contribution in [0.4, 0.5) is 24.7 Å². The third-order valence-electron chi connectivity index (χ3n) is 3.76. The van der Waals surface area contributed by atoms with Crippen LogP contribution in [0.1, 0.15) is 18.9 Å². The van der Waals surface area contributed by atoms with E-state index in [9.17, 15) is 13.2 Å². The number of aromatic nitrogens is 1. The van der Waals surface area contributed by atoms with E-state index in [1.54, 1.807) is 18.2 Å². The van der Waals surface area contributed by atoms with Gasteiger partial charge in [0.05, 0.1) is 10.5 Å². The van der Waals surface area contributed by atoms with Gasteiger partial charge in [-0.25, -0.2) is 4.98 Å². The Hall–Kier alpha value is -2.47. The molecule has 1 N–H and O–H groups in total. The fraction of sp³-hybridized carbons (Fsp3) is 0.211. The molecule has 1 aromatic heterocycles. The molecule has 0 radical (unpaired) electrons. The summed E-state index contributed by atoms with van der Waals surface area (Å²) in [5.74, 6) is 0.327. The lowest BCUT2D eigenvalue weighted by Gasteiger charge is -2.15. The maximum absolute atomic E-state index is 12.4. The average Bonchev–Trinajstić information content (AvgIpc) is 2.57. The number of hydrogen-bond acceptors (Lipinski definition) is 3. The lowest BCUT2D eigenvalue weighted by molar-refractivity contribution is -0.274. The van der Waals surface area contributed by atoms with Crippen LogP contribution in [0.5, 0.6) is 5.75 Å². The second-order valence-corrected chi connectivity index (χ2v) is 6.16. The summed E-state index contributed by atoms with van der Waals surface area (Å²) in [5, 5.41) is 4.60. The summed E-state index contributed by atoms with van der Waals surface area (Å²) in [6.45, 7) is 1.95.